The fourth-order valence-corrected chi connectivity index (χ4v) is 2.06. The fourth-order valence-electron chi connectivity index (χ4n) is 1.67. The van der Waals surface area contributed by atoms with Crippen molar-refractivity contribution in [3.8, 4) is 0 Å². The molecule has 2 aromatic rings. The first kappa shape index (κ1) is 16.2. The molecule has 0 aliphatic carbocycles. The van der Waals surface area contributed by atoms with Gasteiger partial charge in [-0.15, -0.1) is 0 Å². The van der Waals surface area contributed by atoms with Gasteiger partial charge >= 0.3 is 0 Å². The summed E-state index contributed by atoms with van der Waals surface area (Å²) in [7, 11) is 0. The Labute approximate surface area is 137 Å². The number of carbonyl (C=O) groups excluding carboxylic acids is 1. The lowest BCUT2D eigenvalue weighted by Crippen LogP contribution is -2.53. The summed E-state index contributed by atoms with van der Waals surface area (Å²) in [5, 5.41) is 5.59. The molecule has 0 aliphatic heterocycles. The van der Waals surface area contributed by atoms with Crippen LogP contribution in [0.15, 0.2) is 53.1 Å². The predicted molar refractivity (Wildman–Crippen MR) is 83.5 cm³/mol. The summed E-state index contributed by atoms with van der Waals surface area (Å²) in [5.74, 6) is 0.335. The first-order valence-electron chi connectivity index (χ1n) is 6.15. The molecule has 2 N–H and O–H groups in total. The molecular formula is C14H13Cl3N2O2. The van der Waals surface area contributed by atoms with Crippen molar-refractivity contribution in [1.29, 1.82) is 0 Å². The largest absolute Gasteiger partial charge is 0.468 e. The van der Waals surface area contributed by atoms with E-state index in [1.165, 1.54) is 0 Å². The maximum Gasteiger partial charge on any atom is 0.252 e. The maximum absolute atomic E-state index is 12.1. The number of alkyl halides is 3. The number of nitrogens with one attached hydrogen (secondary N) is 2. The molecule has 1 atom stereocenters. The summed E-state index contributed by atoms with van der Waals surface area (Å²) in [6, 6.07) is 12.2. The summed E-state index contributed by atoms with van der Waals surface area (Å²) < 4.78 is 3.48. The average Bonchev–Trinajstić information content (AvgIpc) is 2.96. The van der Waals surface area contributed by atoms with Crippen molar-refractivity contribution >= 4 is 40.7 Å². The quantitative estimate of drug-likeness (QED) is 0.643. The van der Waals surface area contributed by atoms with E-state index in [1.807, 2.05) is 6.07 Å². The lowest BCUT2D eigenvalue weighted by Gasteiger charge is -2.26. The Hall–Kier alpha value is -1.20. The van der Waals surface area contributed by atoms with E-state index < -0.39 is 9.96 Å². The maximum atomic E-state index is 12.1. The van der Waals surface area contributed by atoms with Gasteiger partial charge in [-0.2, -0.15) is 0 Å². The van der Waals surface area contributed by atoms with Crippen molar-refractivity contribution in [3.05, 3.63) is 60.1 Å². The Morgan fingerprint density at radius 1 is 1.14 bits per heavy atom. The molecule has 0 aliphatic rings. The van der Waals surface area contributed by atoms with Crippen LogP contribution in [0.2, 0.25) is 0 Å². The number of carbonyl (C=O) groups is 1. The topological polar surface area (TPSA) is 54.3 Å². The third-order valence-corrected chi connectivity index (χ3v) is 3.35. The van der Waals surface area contributed by atoms with Crippen LogP contribution in [0.3, 0.4) is 0 Å². The van der Waals surface area contributed by atoms with Crippen LogP contribution in [0.5, 0.6) is 0 Å². The molecule has 0 saturated heterocycles. The zero-order chi connectivity index (χ0) is 15.3. The van der Waals surface area contributed by atoms with Gasteiger partial charge in [-0.3, -0.25) is 10.1 Å². The zero-order valence-corrected chi connectivity index (χ0v) is 13.1. The molecule has 1 aromatic heterocycles. The van der Waals surface area contributed by atoms with Crippen molar-refractivity contribution in [3.63, 3.8) is 0 Å². The summed E-state index contributed by atoms with van der Waals surface area (Å²) in [4.78, 5) is 12.1. The predicted octanol–water partition coefficient (Wildman–Crippen LogP) is 3.50. The second-order valence-electron chi connectivity index (χ2n) is 4.27. The van der Waals surface area contributed by atoms with Gasteiger partial charge in [0, 0.05) is 5.56 Å². The van der Waals surface area contributed by atoms with E-state index in [1.54, 1.807) is 42.7 Å². The highest BCUT2D eigenvalue weighted by atomic mass is 35.6. The molecule has 0 fully saturated rings. The number of hydrogen-bond acceptors (Lipinski definition) is 3. The van der Waals surface area contributed by atoms with Crippen LogP contribution in [-0.4, -0.2) is 15.9 Å². The molecule has 0 saturated carbocycles. The Morgan fingerprint density at radius 2 is 1.86 bits per heavy atom. The molecule has 0 bridgehead atoms. The van der Waals surface area contributed by atoms with Gasteiger partial charge in [0.2, 0.25) is 3.79 Å². The Morgan fingerprint density at radius 3 is 2.43 bits per heavy atom. The second-order valence-corrected chi connectivity index (χ2v) is 6.64. The molecule has 112 valence electrons. The summed E-state index contributed by atoms with van der Waals surface area (Å²) in [6.07, 6.45) is 0.685. The van der Waals surface area contributed by atoms with Crippen LogP contribution in [0.4, 0.5) is 0 Å². The normalized spacial score (nSPS) is 12.9. The minimum absolute atomic E-state index is 0.320. The molecule has 2 rings (SSSR count). The van der Waals surface area contributed by atoms with Gasteiger partial charge in [-0.05, 0) is 24.3 Å². The summed E-state index contributed by atoms with van der Waals surface area (Å²) in [5.41, 5.74) is 0.483. The van der Waals surface area contributed by atoms with Gasteiger partial charge in [0.05, 0.1) is 12.8 Å². The average molecular weight is 348 g/mol. The first-order valence-corrected chi connectivity index (χ1v) is 7.28. The summed E-state index contributed by atoms with van der Waals surface area (Å²) in [6.45, 7) is 0.320. The first-order chi connectivity index (χ1) is 9.97. The van der Waals surface area contributed by atoms with Gasteiger partial charge in [0.1, 0.15) is 11.9 Å². The van der Waals surface area contributed by atoms with Gasteiger partial charge in [-0.25, -0.2) is 0 Å². The van der Waals surface area contributed by atoms with E-state index in [2.05, 4.69) is 10.6 Å². The Balaban J connectivity index is 2.01. The molecule has 1 heterocycles. The standard InChI is InChI=1S/C14H13Cl3N2O2/c15-14(16,17)13(18-9-11-7-4-8-21-11)19-12(20)10-5-2-1-3-6-10/h1-8,13,18H,9H2,(H,19,20)/t13-/m0/s1. The lowest BCUT2D eigenvalue weighted by molar-refractivity contribution is 0.0928. The van der Waals surface area contributed by atoms with Crippen LogP contribution in [-0.2, 0) is 6.54 Å². The highest BCUT2D eigenvalue weighted by Crippen LogP contribution is 2.29. The molecule has 1 amide bonds. The van der Waals surface area contributed by atoms with Gasteiger partial charge in [0.15, 0.2) is 0 Å². The van der Waals surface area contributed by atoms with Gasteiger partial charge in [-0.1, -0.05) is 53.0 Å². The number of rotatable bonds is 5. The molecule has 21 heavy (non-hydrogen) atoms. The van der Waals surface area contributed by atoms with Gasteiger partial charge in [0.25, 0.3) is 5.91 Å². The highest BCUT2D eigenvalue weighted by molar-refractivity contribution is 6.68. The second kappa shape index (κ2) is 7.18. The monoisotopic (exact) mass is 346 g/mol. The molecule has 1 aromatic carbocycles. The molecule has 0 unspecified atom stereocenters. The van der Waals surface area contributed by atoms with Crippen LogP contribution in [0.25, 0.3) is 0 Å². The zero-order valence-electron chi connectivity index (χ0n) is 10.9. The Bertz CT molecular complexity index is 568. The van der Waals surface area contributed by atoms with Crippen molar-refractivity contribution in [2.75, 3.05) is 0 Å². The molecule has 4 nitrogen and oxygen atoms in total. The van der Waals surface area contributed by atoms with E-state index in [4.69, 9.17) is 39.2 Å². The molecule has 7 heteroatoms. The van der Waals surface area contributed by atoms with Crippen molar-refractivity contribution in [1.82, 2.24) is 10.6 Å². The lowest BCUT2D eigenvalue weighted by atomic mass is 10.2. The van der Waals surface area contributed by atoms with E-state index >= 15 is 0 Å². The van der Waals surface area contributed by atoms with Crippen LogP contribution in [0, 0.1) is 0 Å². The molecular weight excluding hydrogens is 335 g/mol. The number of benzene rings is 1. The number of halogens is 3. The number of hydrogen-bond donors (Lipinski definition) is 2. The third kappa shape index (κ3) is 4.93. The van der Waals surface area contributed by atoms with E-state index in [0.717, 1.165) is 0 Å². The van der Waals surface area contributed by atoms with Crippen LogP contribution < -0.4 is 10.6 Å². The fraction of sp³-hybridized carbons (Fsp3) is 0.214. The van der Waals surface area contributed by atoms with Crippen LogP contribution >= 0.6 is 34.8 Å². The van der Waals surface area contributed by atoms with E-state index in [-0.39, 0.29) is 5.91 Å². The minimum Gasteiger partial charge on any atom is -0.468 e. The SMILES string of the molecule is O=C(N[C@H](NCc1ccco1)C(Cl)(Cl)Cl)c1ccccc1. The van der Waals surface area contributed by atoms with E-state index in [0.29, 0.717) is 17.9 Å². The summed E-state index contributed by atoms with van der Waals surface area (Å²) >= 11 is 17.7. The van der Waals surface area contributed by atoms with Crippen LogP contribution in [0.1, 0.15) is 16.1 Å². The minimum atomic E-state index is -1.70. The number of furan rings is 1. The third-order valence-electron chi connectivity index (χ3n) is 2.70. The molecule has 0 spiro atoms. The van der Waals surface area contributed by atoms with Crippen molar-refractivity contribution in [2.45, 2.75) is 16.5 Å². The Kier molecular flexibility index (Phi) is 5.53. The number of amides is 1. The van der Waals surface area contributed by atoms with Crippen molar-refractivity contribution in [2.24, 2.45) is 0 Å². The molecule has 0 radical (unpaired) electrons. The van der Waals surface area contributed by atoms with Crippen molar-refractivity contribution < 1.29 is 9.21 Å². The van der Waals surface area contributed by atoms with E-state index in [9.17, 15) is 4.79 Å². The smallest absolute Gasteiger partial charge is 0.252 e. The van der Waals surface area contributed by atoms with Gasteiger partial charge < -0.3 is 9.73 Å². The highest BCUT2D eigenvalue weighted by Gasteiger charge is 2.33.